The lowest BCUT2D eigenvalue weighted by atomic mass is 9.95. The molecule has 0 amide bonds. The van der Waals surface area contributed by atoms with Gasteiger partial charge in [0.1, 0.15) is 0 Å². The van der Waals surface area contributed by atoms with Crippen molar-refractivity contribution in [2.45, 2.75) is 9.79 Å². The maximum absolute atomic E-state index is 12.6. The van der Waals surface area contributed by atoms with E-state index in [1.807, 2.05) is 60.7 Å². The molecule has 1 nitrogen and oxygen atoms in total. The fourth-order valence-electron chi connectivity index (χ4n) is 3.87. The first-order valence-corrected chi connectivity index (χ1v) is 11.7. The highest BCUT2D eigenvalue weighted by Crippen LogP contribution is 2.34. The topological polar surface area (TPSA) is 17.1 Å². The van der Waals surface area contributed by atoms with E-state index < -0.39 is 0 Å². The summed E-state index contributed by atoms with van der Waals surface area (Å²) < 4.78 is 0. The SMILES string of the molecule is O=C(c1ccccc1)c1ccc(Sc2ccc(-c3ccccc3-c3ccccc3)cc2)cc1. The second kappa shape index (κ2) is 9.72. The normalized spacial score (nSPS) is 10.7. The van der Waals surface area contributed by atoms with Gasteiger partial charge in [0, 0.05) is 20.9 Å². The second-order valence-electron chi connectivity index (χ2n) is 7.76. The standard InChI is InChI=1S/C31H22OS/c32-31(25-11-5-2-6-12-25)26-17-21-28(22-18-26)33-27-19-15-24(16-20-27)30-14-8-7-13-29(30)23-9-3-1-4-10-23/h1-22H. The molecule has 0 aliphatic heterocycles. The predicted octanol–water partition coefficient (Wildman–Crippen LogP) is 8.40. The first kappa shape index (κ1) is 21.0. The number of rotatable bonds is 6. The van der Waals surface area contributed by atoms with Gasteiger partial charge in [-0.15, -0.1) is 0 Å². The van der Waals surface area contributed by atoms with Crippen LogP contribution in [0.25, 0.3) is 22.3 Å². The number of ketones is 1. The molecule has 5 aromatic carbocycles. The number of carbonyl (C=O) groups excluding carboxylic acids is 1. The van der Waals surface area contributed by atoms with Crippen LogP contribution in [0.3, 0.4) is 0 Å². The van der Waals surface area contributed by atoms with Gasteiger partial charge in [0.15, 0.2) is 5.78 Å². The van der Waals surface area contributed by atoms with Gasteiger partial charge in [-0.05, 0) is 58.7 Å². The molecule has 0 saturated carbocycles. The van der Waals surface area contributed by atoms with Gasteiger partial charge in [-0.2, -0.15) is 0 Å². The van der Waals surface area contributed by atoms with Crippen molar-refractivity contribution < 1.29 is 4.79 Å². The number of hydrogen-bond donors (Lipinski definition) is 0. The third-order valence-electron chi connectivity index (χ3n) is 5.57. The van der Waals surface area contributed by atoms with E-state index >= 15 is 0 Å². The maximum Gasteiger partial charge on any atom is 0.193 e. The molecule has 33 heavy (non-hydrogen) atoms. The van der Waals surface area contributed by atoms with E-state index in [4.69, 9.17) is 0 Å². The molecule has 158 valence electrons. The highest BCUT2D eigenvalue weighted by Gasteiger charge is 2.09. The number of hydrogen-bond acceptors (Lipinski definition) is 2. The summed E-state index contributed by atoms with van der Waals surface area (Å²) >= 11 is 1.70. The molecule has 0 N–H and O–H groups in total. The third kappa shape index (κ3) is 4.82. The summed E-state index contributed by atoms with van der Waals surface area (Å²) in [6.07, 6.45) is 0. The van der Waals surface area contributed by atoms with Crippen LogP contribution in [0, 0.1) is 0 Å². The van der Waals surface area contributed by atoms with Crippen molar-refractivity contribution in [3.63, 3.8) is 0 Å². The monoisotopic (exact) mass is 442 g/mol. The molecular formula is C31H22OS. The van der Waals surface area contributed by atoms with E-state index in [2.05, 4.69) is 72.8 Å². The molecule has 0 radical (unpaired) electrons. The minimum atomic E-state index is 0.0496. The van der Waals surface area contributed by atoms with E-state index in [0.717, 1.165) is 9.79 Å². The number of benzene rings is 5. The molecule has 0 bridgehead atoms. The average molecular weight is 443 g/mol. The lowest BCUT2D eigenvalue weighted by molar-refractivity contribution is 0.103. The van der Waals surface area contributed by atoms with Crippen LogP contribution in [-0.2, 0) is 0 Å². The summed E-state index contributed by atoms with van der Waals surface area (Å²) in [7, 11) is 0. The highest BCUT2D eigenvalue weighted by molar-refractivity contribution is 7.99. The van der Waals surface area contributed by atoms with E-state index in [1.54, 1.807) is 11.8 Å². The molecular weight excluding hydrogens is 420 g/mol. The Morgan fingerprint density at radius 2 is 0.848 bits per heavy atom. The van der Waals surface area contributed by atoms with Crippen LogP contribution < -0.4 is 0 Å². The zero-order valence-electron chi connectivity index (χ0n) is 18.0. The van der Waals surface area contributed by atoms with E-state index in [1.165, 1.54) is 22.3 Å². The Labute approximate surface area is 198 Å². The van der Waals surface area contributed by atoms with Crippen molar-refractivity contribution in [1.29, 1.82) is 0 Å². The van der Waals surface area contributed by atoms with E-state index in [9.17, 15) is 4.79 Å². The summed E-state index contributed by atoms with van der Waals surface area (Å²) in [5.74, 6) is 0.0496. The van der Waals surface area contributed by atoms with Crippen LogP contribution in [0.4, 0.5) is 0 Å². The molecule has 2 heteroatoms. The fraction of sp³-hybridized carbons (Fsp3) is 0. The molecule has 0 fully saturated rings. The summed E-state index contributed by atoms with van der Waals surface area (Å²) in [5, 5.41) is 0. The zero-order chi connectivity index (χ0) is 22.5. The largest absolute Gasteiger partial charge is 0.289 e. The third-order valence-corrected chi connectivity index (χ3v) is 6.58. The predicted molar refractivity (Wildman–Crippen MR) is 138 cm³/mol. The van der Waals surface area contributed by atoms with Gasteiger partial charge >= 0.3 is 0 Å². The minimum absolute atomic E-state index is 0.0496. The van der Waals surface area contributed by atoms with Crippen LogP contribution in [0.1, 0.15) is 15.9 Å². The molecule has 0 heterocycles. The minimum Gasteiger partial charge on any atom is -0.289 e. The van der Waals surface area contributed by atoms with Crippen molar-refractivity contribution in [3.8, 4) is 22.3 Å². The first-order valence-electron chi connectivity index (χ1n) is 10.9. The van der Waals surface area contributed by atoms with Crippen molar-refractivity contribution in [2.24, 2.45) is 0 Å². The van der Waals surface area contributed by atoms with Crippen molar-refractivity contribution in [3.05, 3.63) is 145 Å². The smallest absolute Gasteiger partial charge is 0.193 e. The van der Waals surface area contributed by atoms with Crippen LogP contribution >= 0.6 is 11.8 Å². The Morgan fingerprint density at radius 1 is 0.424 bits per heavy atom. The Hall–Kier alpha value is -3.88. The Morgan fingerprint density at radius 3 is 1.42 bits per heavy atom. The quantitative estimate of drug-likeness (QED) is 0.246. The van der Waals surface area contributed by atoms with Crippen molar-refractivity contribution in [1.82, 2.24) is 0 Å². The second-order valence-corrected chi connectivity index (χ2v) is 8.90. The van der Waals surface area contributed by atoms with E-state index in [0.29, 0.717) is 11.1 Å². The lowest BCUT2D eigenvalue weighted by Gasteiger charge is -2.11. The fourth-order valence-corrected chi connectivity index (χ4v) is 4.69. The van der Waals surface area contributed by atoms with Gasteiger partial charge in [-0.25, -0.2) is 0 Å². The van der Waals surface area contributed by atoms with E-state index in [-0.39, 0.29) is 5.78 Å². The molecule has 0 aliphatic carbocycles. The molecule has 0 saturated heterocycles. The van der Waals surface area contributed by atoms with Gasteiger partial charge in [0.25, 0.3) is 0 Å². The molecule has 5 aromatic rings. The Kier molecular flexibility index (Phi) is 6.19. The summed E-state index contributed by atoms with van der Waals surface area (Å²) in [6.45, 7) is 0. The van der Waals surface area contributed by atoms with Gasteiger partial charge in [0.05, 0.1) is 0 Å². The molecule has 0 spiro atoms. The molecule has 0 aromatic heterocycles. The molecule has 0 atom stereocenters. The maximum atomic E-state index is 12.6. The molecule has 5 rings (SSSR count). The van der Waals surface area contributed by atoms with Gasteiger partial charge in [0.2, 0.25) is 0 Å². The Balaban J connectivity index is 1.33. The van der Waals surface area contributed by atoms with Crippen LogP contribution in [0.2, 0.25) is 0 Å². The van der Waals surface area contributed by atoms with Gasteiger partial charge in [-0.1, -0.05) is 109 Å². The van der Waals surface area contributed by atoms with Gasteiger partial charge in [-0.3, -0.25) is 4.79 Å². The molecule has 0 aliphatic rings. The highest BCUT2D eigenvalue weighted by atomic mass is 32.2. The number of carbonyl (C=O) groups is 1. The van der Waals surface area contributed by atoms with Crippen LogP contribution in [0.15, 0.2) is 143 Å². The average Bonchev–Trinajstić information content (AvgIpc) is 2.90. The first-order chi connectivity index (χ1) is 16.3. The van der Waals surface area contributed by atoms with Crippen molar-refractivity contribution >= 4 is 17.5 Å². The van der Waals surface area contributed by atoms with Gasteiger partial charge < -0.3 is 0 Å². The summed E-state index contributed by atoms with van der Waals surface area (Å²) in [6, 6.07) is 44.9. The van der Waals surface area contributed by atoms with Crippen molar-refractivity contribution in [2.75, 3.05) is 0 Å². The Bertz CT molecular complexity index is 1360. The lowest BCUT2D eigenvalue weighted by Crippen LogP contribution is -2.00. The molecule has 0 unspecified atom stereocenters. The zero-order valence-corrected chi connectivity index (χ0v) is 18.8. The van der Waals surface area contributed by atoms with Crippen LogP contribution in [0.5, 0.6) is 0 Å². The summed E-state index contributed by atoms with van der Waals surface area (Å²) in [5.41, 5.74) is 6.29. The van der Waals surface area contributed by atoms with Crippen LogP contribution in [-0.4, -0.2) is 5.78 Å². The summed E-state index contributed by atoms with van der Waals surface area (Å²) in [4.78, 5) is 14.9.